The number of alkyl halides is 3. The van der Waals surface area contributed by atoms with Crippen molar-refractivity contribution in [1.82, 2.24) is 20.4 Å². The van der Waals surface area contributed by atoms with Crippen LogP contribution < -0.4 is 5.32 Å². The Morgan fingerprint density at radius 3 is 2.70 bits per heavy atom. The van der Waals surface area contributed by atoms with Crippen LogP contribution in [0.1, 0.15) is 5.89 Å². The maximum atomic E-state index is 12.0. The molecule has 108 valence electrons. The molecule has 0 radical (unpaired) electrons. The molecule has 0 amide bonds. The Hall–Kier alpha value is -1.000. The molecule has 0 aliphatic carbocycles. The van der Waals surface area contributed by atoms with Gasteiger partial charge in [-0.15, -0.1) is 0 Å². The number of halogens is 5. The molecule has 2 aromatic rings. The van der Waals surface area contributed by atoms with Crippen LogP contribution in [0.2, 0.25) is 0 Å². The minimum absolute atomic E-state index is 0.0564. The number of pyridine rings is 1. The van der Waals surface area contributed by atoms with E-state index in [0.717, 1.165) is 4.47 Å². The van der Waals surface area contributed by atoms with Gasteiger partial charge in [-0.25, -0.2) is 0 Å². The van der Waals surface area contributed by atoms with Crippen LogP contribution in [0, 0.1) is 0 Å². The molecule has 2 aromatic heterocycles. The number of hydrogen-bond donors (Lipinski definition) is 1. The third-order valence-electron chi connectivity index (χ3n) is 2.09. The summed E-state index contributed by atoms with van der Waals surface area (Å²) in [6.07, 6.45) is -2.73. The SMILES string of the molecule is FC(F)(F)CNCc1nc(-c2ncc(Br)cc2Br)no1. The first-order chi connectivity index (χ1) is 9.35. The number of nitrogens with one attached hydrogen (secondary N) is 1. The maximum Gasteiger partial charge on any atom is 0.401 e. The van der Waals surface area contributed by atoms with E-state index >= 15 is 0 Å². The van der Waals surface area contributed by atoms with E-state index in [4.69, 9.17) is 4.52 Å². The van der Waals surface area contributed by atoms with Crippen molar-refractivity contribution in [3.05, 3.63) is 27.1 Å². The summed E-state index contributed by atoms with van der Waals surface area (Å²) in [5.74, 6) is 0.258. The fourth-order valence-corrected chi connectivity index (χ4v) is 2.48. The molecule has 0 aliphatic heterocycles. The van der Waals surface area contributed by atoms with Gasteiger partial charge in [0.1, 0.15) is 5.69 Å². The molecule has 0 spiro atoms. The minimum Gasteiger partial charge on any atom is -0.337 e. The molecule has 20 heavy (non-hydrogen) atoms. The number of hydrogen-bond acceptors (Lipinski definition) is 5. The van der Waals surface area contributed by atoms with Crippen LogP contribution in [-0.4, -0.2) is 27.8 Å². The lowest BCUT2D eigenvalue weighted by molar-refractivity contribution is -0.125. The highest BCUT2D eigenvalue weighted by Crippen LogP contribution is 2.26. The number of aromatic nitrogens is 3. The van der Waals surface area contributed by atoms with E-state index in [0.29, 0.717) is 10.2 Å². The Labute approximate surface area is 128 Å². The maximum absolute atomic E-state index is 12.0. The molecule has 1 N–H and O–H groups in total. The van der Waals surface area contributed by atoms with Crippen molar-refractivity contribution < 1.29 is 17.7 Å². The van der Waals surface area contributed by atoms with Crippen molar-refractivity contribution in [3.63, 3.8) is 0 Å². The smallest absolute Gasteiger partial charge is 0.337 e. The van der Waals surface area contributed by atoms with Gasteiger partial charge in [-0.2, -0.15) is 18.2 Å². The van der Waals surface area contributed by atoms with Gasteiger partial charge in [-0.1, -0.05) is 5.16 Å². The van der Waals surface area contributed by atoms with E-state index in [1.54, 1.807) is 12.3 Å². The van der Waals surface area contributed by atoms with Crippen molar-refractivity contribution in [2.45, 2.75) is 12.7 Å². The molecule has 0 aromatic carbocycles. The highest BCUT2D eigenvalue weighted by Gasteiger charge is 2.26. The van der Waals surface area contributed by atoms with Gasteiger partial charge in [0.05, 0.1) is 13.1 Å². The van der Waals surface area contributed by atoms with Gasteiger partial charge in [-0.05, 0) is 37.9 Å². The van der Waals surface area contributed by atoms with Crippen molar-refractivity contribution >= 4 is 31.9 Å². The second-order valence-electron chi connectivity index (χ2n) is 3.71. The zero-order chi connectivity index (χ0) is 14.8. The van der Waals surface area contributed by atoms with Crippen molar-refractivity contribution in [2.75, 3.05) is 6.54 Å². The fourth-order valence-electron chi connectivity index (χ4n) is 1.31. The van der Waals surface area contributed by atoms with Gasteiger partial charge >= 0.3 is 6.18 Å². The van der Waals surface area contributed by atoms with E-state index in [1.165, 1.54) is 0 Å². The lowest BCUT2D eigenvalue weighted by Gasteiger charge is -2.05. The zero-order valence-electron chi connectivity index (χ0n) is 9.71. The van der Waals surface area contributed by atoms with Crippen LogP contribution >= 0.6 is 31.9 Å². The summed E-state index contributed by atoms with van der Waals surface area (Å²) in [6, 6.07) is 1.75. The van der Waals surface area contributed by atoms with Crippen molar-refractivity contribution in [3.8, 4) is 11.5 Å². The average Bonchev–Trinajstić information content (AvgIpc) is 2.75. The molecular weight excluding hydrogens is 409 g/mol. The van der Waals surface area contributed by atoms with Gasteiger partial charge < -0.3 is 9.84 Å². The van der Waals surface area contributed by atoms with E-state index < -0.39 is 12.7 Å². The molecule has 0 bridgehead atoms. The first-order valence-electron chi connectivity index (χ1n) is 5.26. The molecular formula is C10H7Br2F3N4O. The normalized spacial score (nSPS) is 11.8. The fraction of sp³-hybridized carbons (Fsp3) is 0.300. The van der Waals surface area contributed by atoms with Crippen LogP contribution in [0.5, 0.6) is 0 Å². The predicted molar refractivity (Wildman–Crippen MR) is 70.7 cm³/mol. The Morgan fingerprint density at radius 1 is 1.30 bits per heavy atom. The topological polar surface area (TPSA) is 63.8 Å². The summed E-state index contributed by atoms with van der Waals surface area (Å²) in [4.78, 5) is 8.08. The van der Waals surface area contributed by atoms with Gasteiger partial charge in [0, 0.05) is 15.1 Å². The average molecular weight is 416 g/mol. The number of nitrogens with zero attached hydrogens (tertiary/aromatic N) is 3. The molecule has 2 heterocycles. The Balaban J connectivity index is 2.05. The molecule has 0 saturated carbocycles. The van der Waals surface area contributed by atoms with E-state index in [-0.39, 0.29) is 18.3 Å². The minimum atomic E-state index is -4.28. The molecule has 0 fully saturated rings. The first-order valence-corrected chi connectivity index (χ1v) is 6.85. The van der Waals surface area contributed by atoms with Crippen LogP contribution in [-0.2, 0) is 6.54 Å². The Kier molecular flexibility index (Phi) is 4.76. The summed E-state index contributed by atoms with van der Waals surface area (Å²) in [6.45, 7) is -1.29. The van der Waals surface area contributed by atoms with Gasteiger partial charge in [-0.3, -0.25) is 4.98 Å². The van der Waals surface area contributed by atoms with Crippen molar-refractivity contribution in [2.24, 2.45) is 0 Å². The molecule has 2 rings (SSSR count). The molecule has 0 unspecified atom stereocenters. The molecule has 10 heteroatoms. The molecule has 0 saturated heterocycles. The van der Waals surface area contributed by atoms with Gasteiger partial charge in [0.25, 0.3) is 0 Å². The quantitative estimate of drug-likeness (QED) is 0.829. The summed E-state index contributed by atoms with van der Waals surface area (Å²) < 4.78 is 42.2. The van der Waals surface area contributed by atoms with E-state index in [1.807, 2.05) is 0 Å². The third kappa shape index (κ3) is 4.25. The van der Waals surface area contributed by atoms with E-state index in [2.05, 4.69) is 52.3 Å². The van der Waals surface area contributed by atoms with E-state index in [9.17, 15) is 13.2 Å². The second kappa shape index (κ2) is 6.19. The van der Waals surface area contributed by atoms with Gasteiger partial charge in [0.15, 0.2) is 0 Å². The lowest BCUT2D eigenvalue weighted by Crippen LogP contribution is -2.28. The largest absolute Gasteiger partial charge is 0.401 e. The van der Waals surface area contributed by atoms with Crippen molar-refractivity contribution in [1.29, 1.82) is 0 Å². The molecule has 5 nitrogen and oxygen atoms in total. The van der Waals surface area contributed by atoms with Crippen LogP contribution in [0.25, 0.3) is 11.5 Å². The monoisotopic (exact) mass is 414 g/mol. The van der Waals surface area contributed by atoms with Crippen LogP contribution in [0.3, 0.4) is 0 Å². The molecule has 0 atom stereocenters. The first kappa shape index (κ1) is 15.4. The third-order valence-corrected chi connectivity index (χ3v) is 3.13. The van der Waals surface area contributed by atoms with Crippen LogP contribution in [0.4, 0.5) is 13.2 Å². The highest BCUT2D eigenvalue weighted by molar-refractivity contribution is 9.11. The summed E-state index contributed by atoms with van der Waals surface area (Å²) >= 11 is 6.55. The number of rotatable bonds is 4. The second-order valence-corrected chi connectivity index (χ2v) is 5.48. The molecule has 0 aliphatic rings. The summed E-state index contributed by atoms with van der Waals surface area (Å²) in [7, 11) is 0. The standard InChI is InChI=1S/C10H7Br2F3N4O/c11-5-1-6(12)8(17-2-5)9-18-7(20-19-9)3-16-4-10(13,14)15/h1-2,16H,3-4H2. The zero-order valence-corrected chi connectivity index (χ0v) is 12.9. The Morgan fingerprint density at radius 2 is 2.05 bits per heavy atom. The summed E-state index contributed by atoms with van der Waals surface area (Å²) in [5.41, 5.74) is 0.444. The highest BCUT2D eigenvalue weighted by atomic mass is 79.9. The van der Waals surface area contributed by atoms with Gasteiger partial charge in [0.2, 0.25) is 11.7 Å². The Bertz CT molecular complexity index is 602. The predicted octanol–water partition coefficient (Wildman–Crippen LogP) is 3.31. The summed E-state index contributed by atoms with van der Waals surface area (Å²) in [5, 5.41) is 5.85. The van der Waals surface area contributed by atoms with Crippen LogP contribution in [0.15, 0.2) is 25.7 Å². The lowest BCUT2D eigenvalue weighted by atomic mass is 10.3.